The number of ether oxygens (including phenoxy) is 1. The van der Waals surface area contributed by atoms with Crippen molar-refractivity contribution < 1.29 is 4.74 Å². The van der Waals surface area contributed by atoms with Crippen molar-refractivity contribution in [3.05, 3.63) is 0 Å². The first kappa shape index (κ1) is 15.9. The molecule has 108 valence electrons. The van der Waals surface area contributed by atoms with Crippen molar-refractivity contribution in [2.45, 2.75) is 52.6 Å². The fraction of sp³-hybridized carbons (Fsp3) is 1.00. The topological polar surface area (TPSA) is 24.5 Å². The summed E-state index contributed by atoms with van der Waals surface area (Å²) in [6.45, 7) is 13.2. The molecule has 3 nitrogen and oxygen atoms in total. The van der Waals surface area contributed by atoms with Crippen LogP contribution in [0.4, 0.5) is 0 Å². The minimum Gasteiger partial charge on any atom is -0.377 e. The van der Waals surface area contributed by atoms with E-state index in [1.807, 2.05) is 0 Å². The Labute approximate surface area is 113 Å². The highest BCUT2D eigenvalue weighted by Gasteiger charge is 2.18. The Kier molecular flexibility index (Phi) is 8.64. The predicted octanol–water partition coefficient (Wildman–Crippen LogP) is 2.51. The van der Waals surface area contributed by atoms with Crippen molar-refractivity contribution in [1.29, 1.82) is 0 Å². The number of nitrogens with one attached hydrogen (secondary N) is 1. The fourth-order valence-electron chi connectivity index (χ4n) is 2.73. The van der Waals surface area contributed by atoms with Crippen LogP contribution >= 0.6 is 0 Å². The van der Waals surface area contributed by atoms with E-state index in [9.17, 15) is 0 Å². The van der Waals surface area contributed by atoms with E-state index in [1.54, 1.807) is 0 Å². The molecule has 0 aliphatic heterocycles. The summed E-state index contributed by atoms with van der Waals surface area (Å²) >= 11 is 0. The average Bonchev–Trinajstić information content (AvgIpc) is 2.38. The first-order valence-corrected chi connectivity index (χ1v) is 7.80. The van der Waals surface area contributed by atoms with Gasteiger partial charge in [-0.05, 0) is 31.8 Å². The number of likely N-dealkylation sites (N-methyl/N-ethyl adjacent to an activating group) is 1. The summed E-state index contributed by atoms with van der Waals surface area (Å²) in [5.41, 5.74) is 0. The van der Waals surface area contributed by atoms with Crippen LogP contribution in [0, 0.1) is 5.92 Å². The molecule has 1 rings (SSSR count). The van der Waals surface area contributed by atoms with E-state index in [1.165, 1.54) is 25.7 Å². The van der Waals surface area contributed by atoms with E-state index in [0.29, 0.717) is 6.10 Å². The van der Waals surface area contributed by atoms with Gasteiger partial charge in [0.05, 0.1) is 12.7 Å². The van der Waals surface area contributed by atoms with Gasteiger partial charge in [-0.1, -0.05) is 33.6 Å². The zero-order valence-corrected chi connectivity index (χ0v) is 12.6. The predicted molar refractivity (Wildman–Crippen MR) is 78.0 cm³/mol. The van der Waals surface area contributed by atoms with Crippen LogP contribution in [-0.4, -0.2) is 50.3 Å². The maximum Gasteiger partial charge on any atom is 0.0594 e. The largest absolute Gasteiger partial charge is 0.377 e. The van der Waals surface area contributed by atoms with E-state index in [4.69, 9.17) is 4.74 Å². The quantitative estimate of drug-likeness (QED) is 0.642. The smallest absolute Gasteiger partial charge is 0.0594 e. The molecule has 0 bridgehead atoms. The third-order valence-corrected chi connectivity index (χ3v) is 4.02. The number of hydrogen-bond acceptors (Lipinski definition) is 3. The van der Waals surface area contributed by atoms with Gasteiger partial charge in [0, 0.05) is 19.6 Å². The van der Waals surface area contributed by atoms with Gasteiger partial charge in [-0.2, -0.15) is 0 Å². The van der Waals surface area contributed by atoms with Gasteiger partial charge in [-0.25, -0.2) is 0 Å². The molecule has 1 aliphatic rings. The molecule has 1 N–H and O–H groups in total. The van der Waals surface area contributed by atoms with E-state index in [2.05, 4.69) is 31.0 Å². The molecule has 1 aliphatic carbocycles. The van der Waals surface area contributed by atoms with E-state index >= 15 is 0 Å². The lowest BCUT2D eigenvalue weighted by atomic mass is 9.89. The second-order valence-electron chi connectivity index (χ2n) is 5.54. The highest BCUT2D eigenvalue weighted by atomic mass is 16.5. The molecule has 3 heteroatoms. The summed E-state index contributed by atoms with van der Waals surface area (Å²) < 4.78 is 5.94. The summed E-state index contributed by atoms with van der Waals surface area (Å²) in [7, 11) is 0. The van der Waals surface area contributed by atoms with E-state index in [-0.39, 0.29) is 0 Å². The Morgan fingerprint density at radius 3 is 2.61 bits per heavy atom. The van der Waals surface area contributed by atoms with Gasteiger partial charge in [0.2, 0.25) is 0 Å². The SMILES string of the molecule is CCN(CC)CCNCCOC1CCCC(C)C1. The second-order valence-corrected chi connectivity index (χ2v) is 5.54. The summed E-state index contributed by atoms with van der Waals surface area (Å²) in [5.74, 6) is 0.861. The van der Waals surface area contributed by atoms with Crippen LogP contribution in [-0.2, 0) is 4.74 Å². The van der Waals surface area contributed by atoms with Crippen LogP contribution in [0.25, 0.3) is 0 Å². The fourth-order valence-corrected chi connectivity index (χ4v) is 2.73. The van der Waals surface area contributed by atoms with Crippen molar-refractivity contribution in [2.24, 2.45) is 5.92 Å². The highest BCUT2D eigenvalue weighted by molar-refractivity contribution is 4.70. The van der Waals surface area contributed by atoms with Crippen LogP contribution in [0.5, 0.6) is 0 Å². The lowest BCUT2D eigenvalue weighted by Crippen LogP contribution is -2.34. The van der Waals surface area contributed by atoms with Crippen LogP contribution in [0.2, 0.25) is 0 Å². The Bertz CT molecular complexity index is 195. The Morgan fingerprint density at radius 2 is 1.94 bits per heavy atom. The van der Waals surface area contributed by atoms with Gasteiger partial charge in [-0.3, -0.25) is 0 Å². The minimum atomic E-state index is 0.526. The number of nitrogens with zero attached hydrogens (tertiary/aromatic N) is 1. The van der Waals surface area contributed by atoms with Gasteiger partial charge < -0.3 is 15.0 Å². The molecule has 1 saturated carbocycles. The molecule has 2 unspecified atom stereocenters. The van der Waals surface area contributed by atoms with Crippen LogP contribution in [0.15, 0.2) is 0 Å². The molecular formula is C15H32N2O. The Hall–Kier alpha value is -0.120. The van der Waals surface area contributed by atoms with Gasteiger partial charge in [0.25, 0.3) is 0 Å². The van der Waals surface area contributed by atoms with E-state index < -0.39 is 0 Å². The lowest BCUT2D eigenvalue weighted by Gasteiger charge is -2.26. The van der Waals surface area contributed by atoms with Crippen molar-refractivity contribution in [3.63, 3.8) is 0 Å². The highest BCUT2D eigenvalue weighted by Crippen LogP contribution is 2.25. The molecule has 2 atom stereocenters. The average molecular weight is 256 g/mol. The molecule has 18 heavy (non-hydrogen) atoms. The summed E-state index contributed by atoms with van der Waals surface area (Å²) in [5, 5.41) is 3.47. The van der Waals surface area contributed by atoms with E-state index in [0.717, 1.165) is 45.2 Å². The Balaban J connectivity index is 1.92. The molecule has 0 aromatic rings. The van der Waals surface area contributed by atoms with Gasteiger partial charge in [0.1, 0.15) is 0 Å². The van der Waals surface area contributed by atoms with Crippen molar-refractivity contribution >= 4 is 0 Å². The summed E-state index contributed by atoms with van der Waals surface area (Å²) in [6.07, 6.45) is 5.80. The molecule has 0 saturated heterocycles. The van der Waals surface area contributed by atoms with Crippen molar-refractivity contribution in [1.82, 2.24) is 10.2 Å². The molecule has 1 fully saturated rings. The molecule has 0 amide bonds. The standard InChI is InChI=1S/C15H32N2O/c1-4-17(5-2)11-9-16-10-12-18-15-8-6-7-14(3)13-15/h14-16H,4-13H2,1-3H3. The van der Waals surface area contributed by atoms with Crippen LogP contribution < -0.4 is 5.32 Å². The maximum atomic E-state index is 5.94. The summed E-state index contributed by atoms with van der Waals surface area (Å²) in [6, 6.07) is 0. The van der Waals surface area contributed by atoms with Crippen LogP contribution in [0.1, 0.15) is 46.5 Å². The molecule has 0 radical (unpaired) electrons. The zero-order valence-electron chi connectivity index (χ0n) is 12.6. The summed E-state index contributed by atoms with van der Waals surface area (Å²) in [4.78, 5) is 2.44. The molecule has 0 spiro atoms. The lowest BCUT2D eigenvalue weighted by molar-refractivity contribution is 0.0173. The number of hydrogen-bond donors (Lipinski definition) is 1. The van der Waals surface area contributed by atoms with Crippen molar-refractivity contribution in [2.75, 3.05) is 39.3 Å². The van der Waals surface area contributed by atoms with Gasteiger partial charge in [0.15, 0.2) is 0 Å². The van der Waals surface area contributed by atoms with Crippen LogP contribution in [0.3, 0.4) is 0 Å². The zero-order chi connectivity index (χ0) is 13.2. The van der Waals surface area contributed by atoms with Gasteiger partial charge >= 0.3 is 0 Å². The first-order valence-electron chi connectivity index (χ1n) is 7.80. The normalized spacial score (nSPS) is 24.7. The first-order chi connectivity index (χ1) is 8.76. The molecule has 0 heterocycles. The number of rotatable bonds is 9. The minimum absolute atomic E-state index is 0.526. The maximum absolute atomic E-state index is 5.94. The Morgan fingerprint density at radius 1 is 1.17 bits per heavy atom. The molecule has 0 aromatic heterocycles. The molecule has 0 aromatic carbocycles. The monoisotopic (exact) mass is 256 g/mol. The molecular weight excluding hydrogens is 224 g/mol. The third-order valence-electron chi connectivity index (χ3n) is 4.02. The van der Waals surface area contributed by atoms with Gasteiger partial charge in [-0.15, -0.1) is 0 Å². The van der Waals surface area contributed by atoms with Crippen molar-refractivity contribution in [3.8, 4) is 0 Å². The third kappa shape index (κ3) is 6.72. The second kappa shape index (κ2) is 9.76.